The van der Waals surface area contributed by atoms with Gasteiger partial charge >= 0.3 is 0 Å². The molecular formula is C90H150O3. The predicted octanol–water partition coefficient (Wildman–Crippen LogP) is 28.6. The van der Waals surface area contributed by atoms with Crippen molar-refractivity contribution in [2.75, 3.05) is 0 Å². The number of benzene rings is 4. The molecule has 4 aromatic carbocycles. The van der Waals surface area contributed by atoms with E-state index < -0.39 is 0 Å². The lowest BCUT2D eigenvalue weighted by Crippen LogP contribution is -2.11. The van der Waals surface area contributed by atoms with Gasteiger partial charge in [-0.2, -0.15) is 0 Å². The summed E-state index contributed by atoms with van der Waals surface area (Å²) >= 11 is 0. The Balaban J connectivity index is 1.83. The summed E-state index contributed by atoms with van der Waals surface area (Å²) in [6.07, 6.45) is 70.1. The van der Waals surface area contributed by atoms with Gasteiger partial charge in [-0.1, -0.05) is 348 Å². The van der Waals surface area contributed by atoms with Crippen molar-refractivity contribution in [1.29, 1.82) is 0 Å². The number of unbranched alkanes of at least 4 members (excludes halogenated alkanes) is 42. The molecule has 3 nitrogen and oxygen atoms in total. The van der Waals surface area contributed by atoms with Gasteiger partial charge in [-0.05, 0) is 201 Å². The lowest BCUT2D eigenvalue weighted by Gasteiger charge is -2.25. The van der Waals surface area contributed by atoms with Crippen LogP contribution in [0.15, 0.2) is 36.4 Å². The van der Waals surface area contributed by atoms with Crippen LogP contribution in [0.25, 0.3) is 0 Å². The number of phenols is 3. The van der Waals surface area contributed by atoms with Crippen LogP contribution < -0.4 is 0 Å². The largest absolute Gasteiger partial charge is 0.507 e. The number of phenolic OH excluding ortho intramolecular Hbond substituents is 3. The molecule has 0 fully saturated rings. The van der Waals surface area contributed by atoms with Crippen LogP contribution in [0.4, 0.5) is 0 Å². The molecule has 0 amide bonds. The standard InChI is InChI=1S/C90H150O3/c1-10-16-22-28-34-37-40-43-49-55-61-82-67-76(64-79(88(82)91)58-52-46-31-25-19-13-4)70-85-73(7)86(71-77-65-80(59-53-47-32-26-20-14-5)89(92)83(68-77)62-56-50-44-41-38-35-29-23-17-11-2)75(9)87(74(85)8)72-78-66-81(60-54-48-33-27-21-15-6)90(93)84(69-78)63-57-51-45-42-39-36-30-24-18-12-3/h64-69,91-93H,10-63,70-72H2,1-9H3. The number of aryl methyl sites for hydroxylation is 6. The minimum Gasteiger partial charge on any atom is -0.507 e. The quantitative estimate of drug-likeness (QED) is 0.0386. The van der Waals surface area contributed by atoms with Gasteiger partial charge < -0.3 is 15.3 Å². The van der Waals surface area contributed by atoms with Crippen LogP contribution >= 0.6 is 0 Å². The van der Waals surface area contributed by atoms with Crippen LogP contribution in [0.3, 0.4) is 0 Å². The molecule has 3 N–H and O–H groups in total. The molecule has 4 aromatic rings. The van der Waals surface area contributed by atoms with E-state index in [4.69, 9.17) is 0 Å². The van der Waals surface area contributed by atoms with Gasteiger partial charge in [0.2, 0.25) is 0 Å². The zero-order valence-corrected chi connectivity index (χ0v) is 63.1. The molecule has 528 valence electrons. The number of hydrogen-bond donors (Lipinski definition) is 3. The van der Waals surface area contributed by atoms with Crippen LogP contribution in [-0.4, -0.2) is 15.3 Å². The highest BCUT2D eigenvalue weighted by atomic mass is 16.3. The normalized spacial score (nSPS) is 11.7. The number of hydrogen-bond acceptors (Lipinski definition) is 3. The topological polar surface area (TPSA) is 60.7 Å². The molecule has 0 radical (unpaired) electrons. The molecule has 0 aliphatic heterocycles. The van der Waals surface area contributed by atoms with Crippen molar-refractivity contribution in [3.05, 3.63) is 120 Å². The zero-order chi connectivity index (χ0) is 66.9. The van der Waals surface area contributed by atoms with E-state index in [9.17, 15) is 15.3 Å². The molecule has 0 saturated carbocycles. The van der Waals surface area contributed by atoms with Crippen molar-refractivity contribution in [3.8, 4) is 17.2 Å². The minimum atomic E-state index is 0.567. The SMILES string of the molecule is CCCCCCCCCCCCc1cc(Cc2c(C)c(Cc3cc(CCCCCCCC)c(O)c(CCCCCCCCCCCC)c3)c(C)c(Cc3cc(CCCCCCCC)c(O)c(CCCCCCCCCCCC)c3)c2C)cc(CCCCCCCC)c1O. The fourth-order valence-corrected chi connectivity index (χ4v) is 15.4. The van der Waals surface area contributed by atoms with E-state index in [1.54, 1.807) is 0 Å². The smallest absolute Gasteiger partial charge is 0.121 e. The van der Waals surface area contributed by atoms with Crippen molar-refractivity contribution >= 4 is 0 Å². The van der Waals surface area contributed by atoms with E-state index in [0.717, 1.165) is 130 Å². The summed E-state index contributed by atoms with van der Waals surface area (Å²) in [5.41, 5.74) is 19.5. The molecule has 4 rings (SSSR count). The second-order valence-corrected chi connectivity index (χ2v) is 30.0. The van der Waals surface area contributed by atoms with E-state index in [1.165, 1.54) is 320 Å². The molecule has 0 spiro atoms. The maximum Gasteiger partial charge on any atom is 0.121 e. The van der Waals surface area contributed by atoms with E-state index in [1.807, 2.05) is 0 Å². The van der Waals surface area contributed by atoms with Gasteiger partial charge in [0.15, 0.2) is 0 Å². The van der Waals surface area contributed by atoms with E-state index in [2.05, 4.69) is 98.7 Å². The maximum absolute atomic E-state index is 12.2. The van der Waals surface area contributed by atoms with Gasteiger partial charge in [0.1, 0.15) is 17.2 Å². The van der Waals surface area contributed by atoms with Crippen molar-refractivity contribution in [2.45, 2.75) is 428 Å². The summed E-state index contributed by atoms with van der Waals surface area (Å²) in [6.45, 7) is 21.1. The third kappa shape index (κ3) is 33.4. The van der Waals surface area contributed by atoms with Crippen molar-refractivity contribution in [2.24, 2.45) is 0 Å². The molecule has 0 saturated heterocycles. The zero-order valence-electron chi connectivity index (χ0n) is 63.1. The Kier molecular flexibility index (Phi) is 46.0. The Morgan fingerprint density at radius 3 is 0.462 bits per heavy atom. The highest BCUT2D eigenvalue weighted by Gasteiger charge is 2.22. The van der Waals surface area contributed by atoms with Crippen molar-refractivity contribution in [1.82, 2.24) is 0 Å². The molecule has 0 heterocycles. The van der Waals surface area contributed by atoms with E-state index in [0.29, 0.717) is 17.2 Å². The first kappa shape index (κ1) is 81.7. The predicted molar refractivity (Wildman–Crippen MR) is 411 cm³/mol. The molecular weight excluding hydrogens is 1130 g/mol. The van der Waals surface area contributed by atoms with Gasteiger partial charge in [-0.3, -0.25) is 0 Å². The first-order valence-corrected chi connectivity index (χ1v) is 41.1. The van der Waals surface area contributed by atoms with Gasteiger partial charge in [0.05, 0.1) is 0 Å². The van der Waals surface area contributed by atoms with Gasteiger partial charge in [0, 0.05) is 0 Å². The third-order valence-corrected chi connectivity index (χ3v) is 21.6. The van der Waals surface area contributed by atoms with Gasteiger partial charge in [-0.15, -0.1) is 0 Å². The monoisotopic (exact) mass is 1280 g/mol. The molecule has 93 heavy (non-hydrogen) atoms. The third-order valence-electron chi connectivity index (χ3n) is 21.6. The van der Waals surface area contributed by atoms with Crippen LogP contribution in [0.1, 0.15) is 433 Å². The first-order chi connectivity index (χ1) is 45.5. The van der Waals surface area contributed by atoms with Gasteiger partial charge in [-0.25, -0.2) is 0 Å². The average Bonchev–Trinajstić information content (AvgIpc) is 0.777. The Hall–Kier alpha value is -3.72. The Labute approximate surface area is 577 Å². The minimum absolute atomic E-state index is 0.567. The van der Waals surface area contributed by atoms with Crippen LogP contribution in [0.2, 0.25) is 0 Å². The van der Waals surface area contributed by atoms with Crippen LogP contribution in [0.5, 0.6) is 17.2 Å². The Bertz CT molecular complexity index is 2230. The van der Waals surface area contributed by atoms with Crippen molar-refractivity contribution in [3.63, 3.8) is 0 Å². The Morgan fingerprint density at radius 2 is 0.323 bits per heavy atom. The number of aromatic hydroxyl groups is 3. The van der Waals surface area contributed by atoms with Crippen LogP contribution in [-0.2, 0) is 57.8 Å². The summed E-state index contributed by atoms with van der Waals surface area (Å²) < 4.78 is 0. The number of rotatable bonds is 60. The second kappa shape index (κ2) is 52.4. The van der Waals surface area contributed by atoms with Crippen molar-refractivity contribution < 1.29 is 15.3 Å². The van der Waals surface area contributed by atoms with Gasteiger partial charge in [0.25, 0.3) is 0 Å². The second-order valence-electron chi connectivity index (χ2n) is 30.0. The summed E-state index contributed by atoms with van der Waals surface area (Å²) in [7, 11) is 0. The fourth-order valence-electron chi connectivity index (χ4n) is 15.4. The summed E-state index contributed by atoms with van der Waals surface area (Å²) in [5.74, 6) is 1.70. The fraction of sp³-hybridized carbons (Fsp3) is 0.733. The van der Waals surface area contributed by atoms with E-state index >= 15 is 0 Å². The molecule has 0 aliphatic rings. The molecule has 0 atom stereocenters. The maximum atomic E-state index is 12.2. The first-order valence-electron chi connectivity index (χ1n) is 41.1. The lowest BCUT2D eigenvalue weighted by atomic mass is 9.80. The molecule has 0 aromatic heterocycles. The Morgan fingerprint density at radius 1 is 0.194 bits per heavy atom. The lowest BCUT2D eigenvalue weighted by molar-refractivity contribution is 0.456. The summed E-state index contributed by atoms with van der Waals surface area (Å²) in [6, 6.07) is 14.5. The average molecular weight is 1280 g/mol. The highest BCUT2D eigenvalue weighted by molar-refractivity contribution is 5.57. The molecule has 3 heteroatoms. The summed E-state index contributed by atoms with van der Waals surface area (Å²) in [4.78, 5) is 0. The molecule has 0 unspecified atom stereocenters. The van der Waals surface area contributed by atoms with E-state index in [-0.39, 0.29) is 0 Å². The summed E-state index contributed by atoms with van der Waals surface area (Å²) in [5, 5.41) is 36.6. The highest BCUT2D eigenvalue weighted by Crippen LogP contribution is 2.38. The molecule has 0 bridgehead atoms. The van der Waals surface area contributed by atoms with Crippen LogP contribution in [0, 0.1) is 20.8 Å². The molecule has 0 aliphatic carbocycles.